The summed E-state index contributed by atoms with van der Waals surface area (Å²) in [7, 11) is 0. The van der Waals surface area contributed by atoms with Crippen LogP contribution in [0.15, 0.2) is 60.8 Å². The summed E-state index contributed by atoms with van der Waals surface area (Å²) in [4.78, 5) is 52.2. The molecular weight excluding hydrogens is 1340 g/mol. The molecule has 0 saturated heterocycles. The van der Waals surface area contributed by atoms with Gasteiger partial charge in [-0.3, -0.25) is 24.0 Å². The number of carboxylic acid groups (broad SMARTS) is 4. The van der Waals surface area contributed by atoms with Gasteiger partial charge in [-0.05, 0) is 122 Å². The van der Waals surface area contributed by atoms with E-state index in [2.05, 4.69) is 98.4 Å². The fourth-order valence-electron chi connectivity index (χ4n) is 11.5. The van der Waals surface area contributed by atoms with Crippen molar-refractivity contribution in [1.29, 1.82) is 0 Å². The van der Waals surface area contributed by atoms with E-state index in [-0.39, 0.29) is 5.97 Å². The number of halogens is 1. The highest BCUT2D eigenvalue weighted by molar-refractivity contribution is 14.1. The number of carbonyl (C=O) groups is 5. The fourth-order valence-corrected chi connectivity index (χ4v) is 11.7. The Kier molecular flexibility index (Phi) is 107. The number of carboxylic acids is 4. The topological polar surface area (TPSA) is 175 Å². The van der Waals surface area contributed by atoms with Gasteiger partial charge in [0.15, 0.2) is 23.0 Å². The molecule has 0 rings (SSSR count). The highest BCUT2D eigenvalue weighted by Gasteiger charge is 2.03. The molecular formula is C88H165IO10. The molecule has 0 radical (unpaired) electrons. The first-order chi connectivity index (χ1) is 48.4. The van der Waals surface area contributed by atoms with Gasteiger partial charge in [-0.2, -0.15) is 0 Å². The largest absolute Gasteiger partial charge is 0.481 e. The Morgan fingerprint density at radius 2 is 0.354 bits per heavy atom. The molecule has 10 nitrogen and oxygen atoms in total. The summed E-state index contributed by atoms with van der Waals surface area (Å²) >= 11 is 1.66. The number of carbonyl (C=O) groups excluding carboxylic acids is 1. The van der Waals surface area contributed by atoms with Crippen LogP contribution in [0.2, 0.25) is 0 Å². The van der Waals surface area contributed by atoms with Gasteiger partial charge in [0.25, 0.3) is 0 Å². The molecule has 0 aromatic rings. The summed E-state index contributed by atoms with van der Waals surface area (Å²) in [6.45, 7) is 11.3. The molecule has 11 heteroatoms. The van der Waals surface area contributed by atoms with Gasteiger partial charge in [0, 0.05) is 32.1 Å². The maximum absolute atomic E-state index is 10.9. The van der Waals surface area contributed by atoms with Crippen LogP contribution < -0.4 is 0 Å². The maximum atomic E-state index is 10.9. The summed E-state index contributed by atoms with van der Waals surface area (Å²) in [5.41, 5.74) is 0. The van der Waals surface area contributed by atoms with Crippen molar-refractivity contribution in [2.24, 2.45) is 0 Å². The smallest absolute Gasteiger partial charge is 0.315 e. The minimum absolute atomic E-state index is 0.0799. The van der Waals surface area contributed by atoms with Gasteiger partial charge in [0.05, 0.1) is 0 Å². The first-order valence-corrected chi connectivity index (χ1v) is 43.2. The van der Waals surface area contributed by atoms with Gasteiger partial charge in [-0.15, -0.1) is 0 Å². The van der Waals surface area contributed by atoms with Crippen LogP contribution in [0.25, 0.3) is 0 Å². The Labute approximate surface area is 628 Å². The van der Waals surface area contributed by atoms with Crippen molar-refractivity contribution in [2.45, 2.75) is 471 Å². The predicted molar refractivity (Wildman–Crippen MR) is 439 cm³/mol. The number of unbranched alkanes of at least 4 members (excludes halogenated alkanes) is 53. The second-order valence-corrected chi connectivity index (χ2v) is 28.5. The molecule has 0 aliphatic rings. The Balaban J connectivity index is -0.000000372. The van der Waals surface area contributed by atoms with E-state index in [1.165, 1.54) is 321 Å². The number of allylic oxidation sites excluding steroid dienone is 10. The minimum atomic E-state index is -0.671. The highest BCUT2D eigenvalue weighted by Crippen LogP contribution is 2.17. The molecule has 0 heterocycles. The van der Waals surface area contributed by atoms with Gasteiger partial charge in [0.1, 0.15) is 0 Å². The van der Waals surface area contributed by atoms with Crippen LogP contribution >= 0.6 is 23.0 Å². The lowest BCUT2D eigenvalue weighted by Crippen LogP contribution is -1.95. The second kappa shape index (κ2) is 101. The van der Waals surface area contributed by atoms with Crippen LogP contribution in [0.3, 0.4) is 0 Å². The lowest BCUT2D eigenvalue weighted by Gasteiger charge is -2.03. The lowest BCUT2D eigenvalue weighted by molar-refractivity contribution is -0.138. The van der Waals surface area contributed by atoms with Crippen LogP contribution in [0, 0.1) is 0 Å². The zero-order valence-corrected chi connectivity index (χ0v) is 68.1. The Morgan fingerprint density at radius 1 is 0.212 bits per heavy atom. The number of hydrogen-bond donors (Lipinski definition) is 4. The molecule has 0 spiro atoms. The molecule has 0 aromatic heterocycles. The van der Waals surface area contributed by atoms with E-state index in [1.54, 1.807) is 23.0 Å². The van der Waals surface area contributed by atoms with Gasteiger partial charge in [-0.1, -0.05) is 378 Å². The molecule has 4 N–H and O–H groups in total. The third kappa shape index (κ3) is 122. The Bertz CT molecular complexity index is 1680. The highest BCUT2D eigenvalue weighted by atomic mass is 127. The van der Waals surface area contributed by atoms with Crippen molar-refractivity contribution in [1.82, 2.24) is 0 Å². The number of aliphatic carboxylic acids is 4. The van der Waals surface area contributed by atoms with E-state index in [0.717, 1.165) is 83.5 Å². The molecule has 0 amide bonds. The molecule has 0 fully saturated rings. The van der Waals surface area contributed by atoms with Crippen LogP contribution in [0.1, 0.15) is 471 Å². The molecule has 0 aromatic carbocycles. The molecule has 0 saturated carbocycles. The summed E-state index contributed by atoms with van der Waals surface area (Å²) in [5, 5.41) is 34.0. The zero-order chi connectivity index (χ0) is 73.7. The summed E-state index contributed by atoms with van der Waals surface area (Å²) in [6.07, 6.45) is 104. The first-order valence-electron chi connectivity index (χ1n) is 42.3. The normalized spacial score (nSPS) is 11.2. The van der Waals surface area contributed by atoms with E-state index in [4.69, 9.17) is 20.4 Å². The molecule has 0 unspecified atom stereocenters. The lowest BCUT2D eigenvalue weighted by atomic mass is 10.0. The monoisotopic (exact) mass is 1510 g/mol. The van der Waals surface area contributed by atoms with Crippen molar-refractivity contribution < 1.29 is 47.5 Å². The van der Waals surface area contributed by atoms with Crippen molar-refractivity contribution in [3.63, 3.8) is 0 Å². The third-order valence-electron chi connectivity index (χ3n) is 17.9. The van der Waals surface area contributed by atoms with Crippen molar-refractivity contribution in [3.05, 3.63) is 60.8 Å². The Hall–Kier alpha value is -3.22. The maximum Gasteiger partial charge on any atom is 0.315 e. The van der Waals surface area contributed by atoms with Crippen molar-refractivity contribution in [2.75, 3.05) is 0 Å². The van der Waals surface area contributed by atoms with Gasteiger partial charge >= 0.3 is 29.8 Å². The van der Waals surface area contributed by atoms with Crippen LogP contribution in [0.5, 0.6) is 0 Å². The predicted octanol–water partition coefficient (Wildman–Crippen LogP) is 30.6. The van der Waals surface area contributed by atoms with Crippen LogP contribution in [-0.2, 0) is 27.0 Å². The van der Waals surface area contributed by atoms with Crippen molar-refractivity contribution >= 4 is 52.9 Å². The minimum Gasteiger partial charge on any atom is -0.481 e. The van der Waals surface area contributed by atoms with Crippen LogP contribution in [-0.4, -0.2) is 50.3 Å². The number of hydrogen-bond acceptors (Lipinski definition) is 6. The SMILES string of the molecule is CCCCC/C=C\C/C=C\CCCCCCCC(=O)O.CCCCC/C=C\C/C=C\CCCCCCCC(=O)O.CCCCCCCC/C=C\CCCCCCCC(=O)O.CCCCCCCCCCCCCCCC(=O)OI.CCCCCCCCCCCCCCCCCC(=O)O. The zero-order valence-electron chi connectivity index (χ0n) is 66.0. The van der Waals surface area contributed by atoms with Gasteiger partial charge in [-0.25, -0.2) is 0 Å². The summed E-state index contributed by atoms with van der Waals surface area (Å²) < 4.78 is 4.59. The van der Waals surface area contributed by atoms with Crippen molar-refractivity contribution in [3.8, 4) is 0 Å². The fraction of sp³-hybridized carbons (Fsp3) is 0.830. The third-order valence-corrected chi connectivity index (χ3v) is 18.4. The van der Waals surface area contributed by atoms with Crippen LogP contribution in [0.4, 0.5) is 0 Å². The van der Waals surface area contributed by atoms with Gasteiger partial charge in [0.2, 0.25) is 0 Å². The summed E-state index contributed by atoms with van der Waals surface area (Å²) in [6, 6.07) is 0. The standard InChI is InChI=1S/C18H36O2.C18H34O2.2C18H32O2.C16H31IO2/c4*1-2-3-4-5-6-7-8-9-10-11-12-13-14-15-16-17-18(19)20;1-2-3-4-5-6-7-8-9-10-11-12-13-14-15-16(18)19-17/h2-17H2,1H3,(H,19,20);9-10H,2-8,11-17H2,1H3,(H,19,20);2*6-7,9-10H,2-5,8,11-17H2,1H3,(H,19,20);2-15H2,1H3/b;10-9-;2*7-6-,10-9-;. The molecule has 584 valence electrons. The molecule has 99 heavy (non-hydrogen) atoms. The van der Waals surface area contributed by atoms with Gasteiger partial charge < -0.3 is 23.5 Å². The first kappa shape index (κ1) is 104. The summed E-state index contributed by atoms with van der Waals surface area (Å²) in [5.74, 6) is -2.74. The molecule has 0 atom stereocenters. The molecule has 0 aliphatic carbocycles. The van der Waals surface area contributed by atoms with E-state index in [9.17, 15) is 24.0 Å². The van der Waals surface area contributed by atoms with E-state index >= 15 is 0 Å². The second-order valence-electron chi connectivity index (χ2n) is 28.0. The van der Waals surface area contributed by atoms with E-state index in [1.807, 2.05) is 0 Å². The van der Waals surface area contributed by atoms with E-state index < -0.39 is 23.9 Å². The molecule has 0 aliphatic heterocycles. The number of rotatable bonds is 73. The average molecular weight is 1510 g/mol. The quantitative estimate of drug-likeness (QED) is 0.0261. The van der Waals surface area contributed by atoms with E-state index in [0.29, 0.717) is 32.1 Å². The molecule has 0 bridgehead atoms. The Morgan fingerprint density at radius 3 is 0.535 bits per heavy atom. The average Bonchev–Trinajstić information content (AvgIpc) is 3.64.